The fraction of sp³-hybridized carbons (Fsp3) is 0.250. The lowest BCUT2D eigenvalue weighted by molar-refractivity contribution is -0.138. The van der Waals surface area contributed by atoms with E-state index in [1.54, 1.807) is 19.1 Å². The molecule has 0 fully saturated rings. The molecule has 0 aromatic heterocycles. The lowest BCUT2D eigenvalue weighted by atomic mass is 10.3. The van der Waals surface area contributed by atoms with Crippen LogP contribution in [0.25, 0.3) is 0 Å². The van der Waals surface area contributed by atoms with Crippen molar-refractivity contribution in [1.82, 2.24) is 0 Å². The first-order valence-electron chi connectivity index (χ1n) is 5.08. The van der Waals surface area contributed by atoms with E-state index in [-0.39, 0.29) is 12.2 Å². The largest absolute Gasteiger partial charge is 0.487 e. The minimum absolute atomic E-state index is 0.00346. The van der Waals surface area contributed by atoms with Crippen molar-refractivity contribution in [2.75, 3.05) is 13.2 Å². The summed E-state index contributed by atoms with van der Waals surface area (Å²) in [5, 5.41) is 0.860. The number of carbonyl (C=O) groups excluding carboxylic acids is 1. The third-order valence-electron chi connectivity index (χ3n) is 1.94. The predicted molar refractivity (Wildman–Crippen MR) is 75.4 cm³/mol. The van der Waals surface area contributed by atoms with Crippen LogP contribution in [0.2, 0.25) is 10.0 Å². The molecule has 0 amide bonds. The number of halogens is 3. The van der Waals surface area contributed by atoms with Crippen LogP contribution >= 0.6 is 39.1 Å². The first-order chi connectivity index (χ1) is 8.45. The summed E-state index contributed by atoms with van der Waals surface area (Å²) in [6.45, 7) is 5.58. The second-order valence-corrected chi connectivity index (χ2v) is 4.98. The molecule has 0 saturated carbocycles. The summed E-state index contributed by atoms with van der Waals surface area (Å²) >= 11 is 15.1. The maximum Gasteiger partial charge on any atom is 0.336 e. The van der Waals surface area contributed by atoms with Gasteiger partial charge >= 0.3 is 5.97 Å². The van der Waals surface area contributed by atoms with E-state index in [1.807, 2.05) is 0 Å². The molecule has 98 valence electrons. The van der Waals surface area contributed by atoms with Gasteiger partial charge in [-0.1, -0.05) is 29.8 Å². The van der Waals surface area contributed by atoms with E-state index >= 15 is 0 Å². The number of benzene rings is 1. The van der Waals surface area contributed by atoms with E-state index in [0.717, 1.165) is 0 Å². The van der Waals surface area contributed by atoms with Gasteiger partial charge in [0.1, 0.15) is 12.4 Å². The number of hydrogen-bond donors (Lipinski definition) is 0. The zero-order chi connectivity index (χ0) is 13.7. The van der Waals surface area contributed by atoms with Crippen molar-refractivity contribution in [3.8, 4) is 5.75 Å². The molecular formula is C12H11BrCl2O3. The van der Waals surface area contributed by atoms with E-state index in [0.29, 0.717) is 26.9 Å². The summed E-state index contributed by atoms with van der Waals surface area (Å²) in [5.41, 5.74) is 0.215. The smallest absolute Gasteiger partial charge is 0.336 e. The van der Waals surface area contributed by atoms with Crippen LogP contribution in [0, 0.1) is 0 Å². The zero-order valence-electron chi connectivity index (χ0n) is 9.63. The lowest BCUT2D eigenvalue weighted by Crippen LogP contribution is -2.13. The van der Waals surface area contributed by atoms with E-state index in [9.17, 15) is 4.79 Å². The molecule has 0 saturated heterocycles. The third kappa shape index (κ3) is 4.19. The highest BCUT2D eigenvalue weighted by Crippen LogP contribution is 2.34. The second-order valence-electron chi connectivity index (χ2n) is 3.31. The molecule has 0 unspecified atom stereocenters. The first-order valence-corrected chi connectivity index (χ1v) is 6.62. The van der Waals surface area contributed by atoms with Crippen molar-refractivity contribution in [1.29, 1.82) is 0 Å². The van der Waals surface area contributed by atoms with E-state index < -0.39 is 5.97 Å². The molecule has 0 bridgehead atoms. The van der Waals surface area contributed by atoms with Crippen LogP contribution in [-0.4, -0.2) is 19.2 Å². The Hall–Kier alpha value is -0.710. The van der Waals surface area contributed by atoms with Crippen LogP contribution in [0.5, 0.6) is 5.75 Å². The maximum absolute atomic E-state index is 11.3. The molecule has 0 atom stereocenters. The molecular weight excluding hydrogens is 343 g/mol. The van der Waals surface area contributed by atoms with Gasteiger partial charge < -0.3 is 9.47 Å². The van der Waals surface area contributed by atoms with Gasteiger partial charge in [0.05, 0.1) is 22.2 Å². The van der Waals surface area contributed by atoms with Gasteiger partial charge in [-0.05, 0) is 28.9 Å². The molecule has 18 heavy (non-hydrogen) atoms. The monoisotopic (exact) mass is 352 g/mol. The Kier molecular flexibility index (Phi) is 5.99. The van der Waals surface area contributed by atoms with Gasteiger partial charge in [-0.2, -0.15) is 0 Å². The predicted octanol–water partition coefficient (Wildman–Crippen LogP) is 4.25. The second kappa shape index (κ2) is 7.02. The molecule has 3 nitrogen and oxygen atoms in total. The Labute approximate surface area is 124 Å². The average molecular weight is 354 g/mol. The zero-order valence-corrected chi connectivity index (χ0v) is 12.7. The normalized spacial score (nSPS) is 10.0. The van der Waals surface area contributed by atoms with E-state index in [1.165, 1.54) is 0 Å². The van der Waals surface area contributed by atoms with Crippen LogP contribution in [0.1, 0.15) is 6.92 Å². The van der Waals surface area contributed by atoms with Gasteiger partial charge in [-0.15, -0.1) is 0 Å². The van der Waals surface area contributed by atoms with E-state index in [2.05, 4.69) is 22.5 Å². The van der Waals surface area contributed by atoms with Crippen molar-refractivity contribution in [3.63, 3.8) is 0 Å². The standard InChI is InChI=1S/C12H11BrCl2O3/c1-3-17-12(16)7(2)6-18-11-5-9(14)8(13)4-10(11)15/h4-5H,2-3,6H2,1H3. The van der Waals surface area contributed by atoms with Crippen LogP contribution in [-0.2, 0) is 9.53 Å². The van der Waals surface area contributed by atoms with Crippen LogP contribution in [0.15, 0.2) is 28.8 Å². The minimum Gasteiger partial charge on any atom is -0.487 e. The molecule has 1 aromatic rings. The van der Waals surface area contributed by atoms with Crippen LogP contribution in [0.4, 0.5) is 0 Å². The highest BCUT2D eigenvalue weighted by atomic mass is 79.9. The number of esters is 1. The molecule has 0 aliphatic rings. The molecule has 1 aromatic carbocycles. The first kappa shape index (κ1) is 15.3. The lowest BCUT2D eigenvalue weighted by Gasteiger charge is -2.10. The molecule has 0 spiro atoms. The van der Waals surface area contributed by atoms with Gasteiger partial charge in [0, 0.05) is 10.5 Å². The van der Waals surface area contributed by atoms with Crippen molar-refractivity contribution in [2.24, 2.45) is 0 Å². The Balaban J connectivity index is 2.67. The topological polar surface area (TPSA) is 35.5 Å². The molecule has 6 heteroatoms. The maximum atomic E-state index is 11.3. The SMILES string of the molecule is C=C(COc1cc(Cl)c(Br)cc1Cl)C(=O)OCC. The third-order valence-corrected chi connectivity index (χ3v) is 3.43. The quantitative estimate of drug-likeness (QED) is 0.451. The number of carbonyl (C=O) groups is 1. The molecule has 0 radical (unpaired) electrons. The van der Waals surface area contributed by atoms with Gasteiger partial charge in [0.25, 0.3) is 0 Å². The fourth-order valence-electron chi connectivity index (χ4n) is 1.07. The number of ether oxygens (including phenoxy) is 2. The Morgan fingerprint density at radius 1 is 1.39 bits per heavy atom. The molecule has 0 aliphatic heterocycles. The molecule has 0 N–H and O–H groups in total. The summed E-state index contributed by atoms with van der Waals surface area (Å²) in [7, 11) is 0. The van der Waals surface area contributed by atoms with E-state index in [4.69, 9.17) is 32.7 Å². The molecule has 0 aliphatic carbocycles. The summed E-state index contributed by atoms with van der Waals surface area (Å²) in [6, 6.07) is 3.18. The Bertz CT molecular complexity index is 475. The average Bonchev–Trinajstić information content (AvgIpc) is 2.32. The summed E-state index contributed by atoms with van der Waals surface area (Å²) in [6.07, 6.45) is 0. The Morgan fingerprint density at radius 3 is 2.67 bits per heavy atom. The highest BCUT2D eigenvalue weighted by molar-refractivity contribution is 9.10. The molecule has 1 rings (SSSR count). The molecule has 0 heterocycles. The Morgan fingerprint density at radius 2 is 2.06 bits per heavy atom. The summed E-state index contributed by atoms with van der Waals surface area (Å²) < 4.78 is 10.8. The number of hydrogen-bond acceptors (Lipinski definition) is 3. The van der Waals surface area contributed by atoms with Crippen LogP contribution < -0.4 is 4.74 Å². The number of rotatable bonds is 5. The van der Waals surface area contributed by atoms with Crippen molar-refractivity contribution >= 4 is 45.1 Å². The van der Waals surface area contributed by atoms with Gasteiger partial charge in [-0.3, -0.25) is 0 Å². The van der Waals surface area contributed by atoms with Crippen molar-refractivity contribution < 1.29 is 14.3 Å². The van der Waals surface area contributed by atoms with Crippen LogP contribution in [0.3, 0.4) is 0 Å². The van der Waals surface area contributed by atoms with Crippen molar-refractivity contribution in [2.45, 2.75) is 6.92 Å². The minimum atomic E-state index is -0.489. The fourth-order valence-corrected chi connectivity index (χ4v) is 1.92. The van der Waals surface area contributed by atoms with Gasteiger partial charge in [0.15, 0.2) is 0 Å². The summed E-state index contributed by atoms with van der Waals surface area (Å²) in [5.74, 6) is -0.104. The highest BCUT2D eigenvalue weighted by Gasteiger charge is 2.11. The van der Waals surface area contributed by atoms with Gasteiger partial charge in [-0.25, -0.2) is 4.79 Å². The van der Waals surface area contributed by atoms with Gasteiger partial charge in [0.2, 0.25) is 0 Å². The van der Waals surface area contributed by atoms with Crippen molar-refractivity contribution in [3.05, 3.63) is 38.8 Å². The summed E-state index contributed by atoms with van der Waals surface area (Å²) in [4.78, 5) is 11.3.